The molecular weight excluding hydrogens is 268 g/mol. The zero-order valence-electron chi connectivity index (χ0n) is 13.1. The van der Waals surface area contributed by atoms with Crippen molar-refractivity contribution in [3.63, 3.8) is 0 Å². The molecule has 0 spiro atoms. The van der Waals surface area contributed by atoms with E-state index in [1.807, 2.05) is 11.3 Å². The standard InChI is InChI=1S/C16H28N2OS/c1-4-17-10-16-9-15(13(2)20-16)11-18(3)7-8-19-12-14-5-6-14/h9,14,17H,4-8,10-12H2,1-3H3. The minimum atomic E-state index is 0.862. The molecule has 1 fully saturated rings. The van der Waals surface area contributed by atoms with Crippen molar-refractivity contribution >= 4 is 11.3 Å². The van der Waals surface area contributed by atoms with Crippen molar-refractivity contribution in [2.45, 2.75) is 39.8 Å². The van der Waals surface area contributed by atoms with Gasteiger partial charge in [0.2, 0.25) is 0 Å². The highest BCUT2D eigenvalue weighted by Gasteiger charge is 2.21. The summed E-state index contributed by atoms with van der Waals surface area (Å²) in [5, 5.41) is 3.39. The van der Waals surface area contributed by atoms with E-state index >= 15 is 0 Å². The molecule has 0 saturated heterocycles. The van der Waals surface area contributed by atoms with Crippen LogP contribution in [0.1, 0.15) is 35.1 Å². The first-order valence-electron chi connectivity index (χ1n) is 7.74. The minimum Gasteiger partial charge on any atom is -0.380 e. The van der Waals surface area contributed by atoms with Crippen molar-refractivity contribution < 1.29 is 4.74 Å². The molecule has 1 heterocycles. The number of aryl methyl sites for hydroxylation is 1. The molecule has 3 nitrogen and oxygen atoms in total. The quantitative estimate of drug-likeness (QED) is 0.672. The van der Waals surface area contributed by atoms with E-state index < -0.39 is 0 Å². The number of thiophene rings is 1. The highest BCUT2D eigenvalue weighted by Crippen LogP contribution is 2.28. The van der Waals surface area contributed by atoms with Crippen molar-refractivity contribution in [2.24, 2.45) is 5.92 Å². The van der Waals surface area contributed by atoms with Crippen LogP contribution in [0, 0.1) is 12.8 Å². The van der Waals surface area contributed by atoms with E-state index in [1.165, 1.54) is 28.2 Å². The Bertz CT molecular complexity index is 401. The van der Waals surface area contributed by atoms with Crippen molar-refractivity contribution in [3.8, 4) is 0 Å². The van der Waals surface area contributed by atoms with Gasteiger partial charge in [-0.3, -0.25) is 4.90 Å². The predicted molar refractivity (Wildman–Crippen MR) is 86.3 cm³/mol. The Kier molecular flexibility index (Phi) is 6.49. The van der Waals surface area contributed by atoms with Gasteiger partial charge in [0.1, 0.15) is 0 Å². The fraction of sp³-hybridized carbons (Fsp3) is 0.750. The monoisotopic (exact) mass is 296 g/mol. The Morgan fingerprint density at radius 1 is 1.45 bits per heavy atom. The maximum atomic E-state index is 5.71. The number of rotatable bonds is 10. The number of hydrogen-bond acceptors (Lipinski definition) is 4. The first-order valence-corrected chi connectivity index (χ1v) is 8.56. The smallest absolute Gasteiger partial charge is 0.0593 e. The summed E-state index contributed by atoms with van der Waals surface area (Å²) in [4.78, 5) is 5.25. The van der Waals surface area contributed by atoms with Gasteiger partial charge in [0.15, 0.2) is 0 Å². The molecule has 20 heavy (non-hydrogen) atoms. The SMILES string of the molecule is CCNCc1cc(CN(C)CCOCC2CC2)c(C)s1. The molecular formula is C16H28N2OS. The van der Waals surface area contributed by atoms with Crippen LogP contribution in [0.2, 0.25) is 0 Å². The van der Waals surface area contributed by atoms with E-state index in [9.17, 15) is 0 Å². The van der Waals surface area contributed by atoms with E-state index in [-0.39, 0.29) is 0 Å². The normalized spacial score (nSPS) is 15.2. The Morgan fingerprint density at radius 2 is 2.25 bits per heavy atom. The summed E-state index contributed by atoms with van der Waals surface area (Å²) in [5.41, 5.74) is 1.47. The number of ether oxygens (including phenoxy) is 1. The lowest BCUT2D eigenvalue weighted by Crippen LogP contribution is -2.23. The van der Waals surface area contributed by atoms with Crippen LogP contribution in [0.5, 0.6) is 0 Å². The first kappa shape index (κ1) is 16.0. The van der Waals surface area contributed by atoms with Crippen LogP contribution in [0.4, 0.5) is 0 Å². The van der Waals surface area contributed by atoms with Crippen molar-refractivity contribution in [1.82, 2.24) is 10.2 Å². The molecule has 1 aliphatic rings. The fourth-order valence-electron chi connectivity index (χ4n) is 2.20. The van der Waals surface area contributed by atoms with Gasteiger partial charge in [-0.05, 0) is 50.9 Å². The molecule has 0 bridgehead atoms. The van der Waals surface area contributed by atoms with Crippen LogP contribution in [0.25, 0.3) is 0 Å². The van der Waals surface area contributed by atoms with Gasteiger partial charge in [0, 0.05) is 36.0 Å². The molecule has 0 unspecified atom stereocenters. The van der Waals surface area contributed by atoms with Crippen LogP contribution in [0.15, 0.2) is 6.07 Å². The molecule has 2 rings (SSSR count). The maximum absolute atomic E-state index is 5.71. The van der Waals surface area contributed by atoms with Gasteiger partial charge in [0.25, 0.3) is 0 Å². The molecule has 114 valence electrons. The van der Waals surface area contributed by atoms with Gasteiger partial charge in [-0.25, -0.2) is 0 Å². The number of nitrogens with zero attached hydrogens (tertiary/aromatic N) is 1. The average molecular weight is 296 g/mol. The molecule has 0 atom stereocenters. The van der Waals surface area contributed by atoms with Gasteiger partial charge in [-0.1, -0.05) is 6.92 Å². The van der Waals surface area contributed by atoms with Crippen LogP contribution >= 0.6 is 11.3 Å². The lowest BCUT2D eigenvalue weighted by molar-refractivity contribution is 0.102. The number of nitrogens with one attached hydrogen (secondary N) is 1. The van der Waals surface area contributed by atoms with E-state index in [4.69, 9.17) is 4.74 Å². The topological polar surface area (TPSA) is 24.5 Å². The lowest BCUT2D eigenvalue weighted by atomic mass is 10.2. The molecule has 1 aromatic rings. The van der Waals surface area contributed by atoms with E-state index in [1.54, 1.807) is 0 Å². The van der Waals surface area contributed by atoms with Crippen molar-refractivity contribution in [3.05, 3.63) is 21.4 Å². The molecule has 0 radical (unpaired) electrons. The minimum absolute atomic E-state index is 0.862. The zero-order chi connectivity index (χ0) is 14.4. The fourth-order valence-corrected chi connectivity index (χ4v) is 3.23. The summed E-state index contributed by atoms with van der Waals surface area (Å²) < 4.78 is 5.71. The third-order valence-corrected chi connectivity index (χ3v) is 4.82. The predicted octanol–water partition coefficient (Wildman–Crippen LogP) is 3.02. The molecule has 1 N–H and O–H groups in total. The summed E-state index contributed by atoms with van der Waals surface area (Å²) in [6.45, 7) is 10.3. The Labute approximate surface area is 127 Å². The van der Waals surface area contributed by atoms with Gasteiger partial charge in [0.05, 0.1) is 6.61 Å². The summed E-state index contributed by atoms with van der Waals surface area (Å²) in [7, 11) is 2.18. The van der Waals surface area contributed by atoms with Gasteiger partial charge in [-0.2, -0.15) is 0 Å². The Hall–Kier alpha value is -0.420. The molecule has 0 aromatic carbocycles. The van der Waals surface area contributed by atoms with Crippen molar-refractivity contribution in [1.29, 1.82) is 0 Å². The first-order chi connectivity index (χ1) is 9.69. The average Bonchev–Trinajstić information content (AvgIpc) is 3.18. The summed E-state index contributed by atoms with van der Waals surface area (Å²) in [6.07, 6.45) is 2.75. The second kappa shape index (κ2) is 8.13. The van der Waals surface area contributed by atoms with E-state index in [2.05, 4.69) is 37.2 Å². The molecule has 1 saturated carbocycles. The van der Waals surface area contributed by atoms with Gasteiger partial charge >= 0.3 is 0 Å². The maximum Gasteiger partial charge on any atom is 0.0593 e. The Balaban J connectivity index is 1.68. The second-order valence-corrected chi connectivity index (χ2v) is 7.17. The second-order valence-electron chi connectivity index (χ2n) is 5.83. The molecule has 0 amide bonds. The third kappa shape index (κ3) is 5.52. The lowest BCUT2D eigenvalue weighted by Gasteiger charge is -2.16. The van der Waals surface area contributed by atoms with Crippen LogP contribution < -0.4 is 5.32 Å². The number of likely N-dealkylation sites (N-methyl/N-ethyl adjacent to an activating group) is 1. The van der Waals surface area contributed by atoms with Crippen LogP contribution in [0.3, 0.4) is 0 Å². The van der Waals surface area contributed by atoms with Gasteiger partial charge in [-0.15, -0.1) is 11.3 Å². The Morgan fingerprint density at radius 3 is 2.95 bits per heavy atom. The molecule has 1 aliphatic carbocycles. The highest BCUT2D eigenvalue weighted by atomic mass is 32.1. The van der Waals surface area contributed by atoms with Crippen LogP contribution in [-0.4, -0.2) is 38.3 Å². The molecule has 4 heteroatoms. The summed E-state index contributed by atoms with van der Waals surface area (Å²) >= 11 is 1.92. The van der Waals surface area contributed by atoms with E-state index in [0.717, 1.165) is 45.3 Å². The van der Waals surface area contributed by atoms with E-state index in [0.29, 0.717) is 0 Å². The number of hydrogen-bond donors (Lipinski definition) is 1. The summed E-state index contributed by atoms with van der Waals surface area (Å²) in [6, 6.07) is 2.35. The highest BCUT2D eigenvalue weighted by molar-refractivity contribution is 7.12. The summed E-state index contributed by atoms with van der Waals surface area (Å²) in [5.74, 6) is 0.869. The molecule has 0 aliphatic heterocycles. The van der Waals surface area contributed by atoms with Gasteiger partial charge < -0.3 is 10.1 Å². The van der Waals surface area contributed by atoms with Crippen LogP contribution in [-0.2, 0) is 17.8 Å². The third-order valence-electron chi connectivity index (χ3n) is 3.73. The van der Waals surface area contributed by atoms with Crippen molar-refractivity contribution in [2.75, 3.05) is 33.4 Å². The molecule has 1 aromatic heterocycles. The zero-order valence-corrected chi connectivity index (χ0v) is 13.9. The largest absolute Gasteiger partial charge is 0.380 e.